The van der Waals surface area contributed by atoms with E-state index < -0.39 is 0 Å². The van der Waals surface area contributed by atoms with Gasteiger partial charge in [0, 0.05) is 18.3 Å². The van der Waals surface area contributed by atoms with Gasteiger partial charge in [0.15, 0.2) is 0 Å². The highest BCUT2D eigenvalue weighted by Crippen LogP contribution is 2.38. The van der Waals surface area contributed by atoms with Gasteiger partial charge in [0.1, 0.15) is 10.7 Å². The van der Waals surface area contributed by atoms with Crippen molar-refractivity contribution in [3.8, 4) is 11.5 Å². The second kappa shape index (κ2) is 3.81. The van der Waals surface area contributed by atoms with E-state index in [2.05, 4.69) is 25.3 Å². The van der Waals surface area contributed by atoms with E-state index in [4.69, 9.17) is 0 Å². The molecule has 1 fully saturated rings. The van der Waals surface area contributed by atoms with Crippen molar-refractivity contribution in [1.29, 1.82) is 0 Å². The average Bonchev–Trinajstić information content (AvgIpc) is 2.87. The molecule has 1 aliphatic carbocycles. The SMILES string of the molecule is c1cnc(-c2nnc3sc(C4CCC4)nn23)cn1. The fourth-order valence-electron chi connectivity index (χ4n) is 2.03. The van der Waals surface area contributed by atoms with Crippen LogP contribution in [-0.4, -0.2) is 29.8 Å². The third-order valence-electron chi connectivity index (χ3n) is 3.25. The minimum Gasteiger partial charge on any atom is -0.261 e. The molecule has 0 spiro atoms. The Balaban J connectivity index is 1.83. The summed E-state index contributed by atoms with van der Waals surface area (Å²) in [4.78, 5) is 9.12. The van der Waals surface area contributed by atoms with Gasteiger partial charge in [0.05, 0.1) is 6.20 Å². The van der Waals surface area contributed by atoms with Crippen molar-refractivity contribution in [3.05, 3.63) is 23.6 Å². The van der Waals surface area contributed by atoms with Gasteiger partial charge in [-0.25, -0.2) is 4.98 Å². The van der Waals surface area contributed by atoms with Crippen molar-refractivity contribution in [3.63, 3.8) is 0 Å². The van der Waals surface area contributed by atoms with Crippen molar-refractivity contribution >= 4 is 16.3 Å². The summed E-state index contributed by atoms with van der Waals surface area (Å²) in [6.45, 7) is 0. The molecular weight excluding hydrogens is 248 g/mol. The molecule has 3 aromatic heterocycles. The zero-order chi connectivity index (χ0) is 11.9. The molecule has 0 radical (unpaired) electrons. The van der Waals surface area contributed by atoms with Gasteiger partial charge in [0.25, 0.3) is 0 Å². The van der Waals surface area contributed by atoms with Crippen molar-refractivity contribution in [2.75, 3.05) is 0 Å². The lowest BCUT2D eigenvalue weighted by Gasteiger charge is -2.21. The minimum atomic E-state index is 0.617. The van der Waals surface area contributed by atoms with Crippen LogP contribution >= 0.6 is 11.3 Å². The normalized spacial score (nSPS) is 16.0. The van der Waals surface area contributed by atoms with Crippen molar-refractivity contribution in [1.82, 2.24) is 29.8 Å². The van der Waals surface area contributed by atoms with E-state index in [0.717, 1.165) is 9.97 Å². The highest BCUT2D eigenvalue weighted by molar-refractivity contribution is 7.16. The molecule has 0 atom stereocenters. The predicted octanol–water partition coefficient (Wildman–Crippen LogP) is 1.91. The lowest BCUT2D eigenvalue weighted by molar-refractivity contribution is 0.415. The number of rotatable bonds is 2. The molecule has 6 nitrogen and oxygen atoms in total. The van der Waals surface area contributed by atoms with E-state index in [1.54, 1.807) is 34.4 Å². The summed E-state index contributed by atoms with van der Waals surface area (Å²) in [6, 6.07) is 0. The molecule has 3 heterocycles. The van der Waals surface area contributed by atoms with Crippen LogP contribution in [0.5, 0.6) is 0 Å². The number of nitrogens with zero attached hydrogens (tertiary/aromatic N) is 6. The minimum absolute atomic E-state index is 0.617. The highest BCUT2D eigenvalue weighted by atomic mass is 32.1. The first kappa shape index (κ1) is 10.1. The van der Waals surface area contributed by atoms with Gasteiger partial charge in [-0.05, 0) is 12.8 Å². The number of aromatic nitrogens is 6. The topological polar surface area (TPSA) is 68.9 Å². The Morgan fingerprint density at radius 1 is 1.22 bits per heavy atom. The smallest absolute Gasteiger partial charge is 0.235 e. The van der Waals surface area contributed by atoms with Gasteiger partial charge >= 0.3 is 0 Å². The first-order valence-electron chi connectivity index (χ1n) is 5.90. The summed E-state index contributed by atoms with van der Waals surface area (Å²) >= 11 is 1.63. The quantitative estimate of drug-likeness (QED) is 0.702. The maximum Gasteiger partial charge on any atom is 0.235 e. The molecule has 1 saturated carbocycles. The number of hydrogen-bond donors (Lipinski definition) is 0. The Labute approximate surface area is 107 Å². The largest absolute Gasteiger partial charge is 0.261 e. The second-order valence-electron chi connectivity index (χ2n) is 4.38. The fraction of sp³-hybridized carbons (Fsp3) is 0.364. The van der Waals surface area contributed by atoms with E-state index >= 15 is 0 Å². The monoisotopic (exact) mass is 258 g/mol. The average molecular weight is 258 g/mol. The fourth-order valence-corrected chi connectivity index (χ4v) is 3.03. The lowest BCUT2D eigenvalue weighted by Crippen LogP contribution is -2.08. The van der Waals surface area contributed by atoms with E-state index in [9.17, 15) is 0 Å². The van der Waals surface area contributed by atoms with Crippen LogP contribution in [0.25, 0.3) is 16.5 Å². The highest BCUT2D eigenvalue weighted by Gasteiger charge is 2.25. The maximum atomic E-state index is 4.61. The lowest BCUT2D eigenvalue weighted by atomic mass is 9.86. The molecule has 0 aromatic carbocycles. The molecule has 0 aliphatic heterocycles. The predicted molar refractivity (Wildman–Crippen MR) is 66.3 cm³/mol. The summed E-state index contributed by atoms with van der Waals surface area (Å²) in [5, 5.41) is 14.1. The summed E-state index contributed by atoms with van der Waals surface area (Å²) in [6.07, 6.45) is 8.76. The molecule has 1 aliphatic rings. The van der Waals surface area contributed by atoms with Crippen molar-refractivity contribution < 1.29 is 0 Å². The Hall–Kier alpha value is -1.89. The van der Waals surface area contributed by atoms with Gasteiger partial charge in [-0.3, -0.25) is 4.98 Å². The van der Waals surface area contributed by atoms with Crippen LogP contribution in [0.1, 0.15) is 30.2 Å². The first-order valence-corrected chi connectivity index (χ1v) is 6.72. The van der Waals surface area contributed by atoms with E-state index in [-0.39, 0.29) is 0 Å². The van der Waals surface area contributed by atoms with Crippen LogP contribution in [0.3, 0.4) is 0 Å². The van der Waals surface area contributed by atoms with E-state index in [1.165, 1.54) is 19.3 Å². The van der Waals surface area contributed by atoms with Crippen molar-refractivity contribution in [2.24, 2.45) is 0 Å². The summed E-state index contributed by atoms with van der Waals surface area (Å²) in [7, 11) is 0. The van der Waals surface area contributed by atoms with Crippen molar-refractivity contribution in [2.45, 2.75) is 25.2 Å². The zero-order valence-corrected chi connectivity index (χ0v) is 10.3. The molecule has 90 valence electrons. The molecule has 4 rings (SSSR count). The third kappa shape index (κ3) is 1.43. The maximum absolute atomic E-state index is 4.61. The van der Waals surface area contributed by atoms with Crippen LogP contribution < -0.4 is 0 Å². The summed E-state index contributed by atoms with van der Waals surface area (Å²) < 4.78 is 1.78. The van der Waals surface area contributed by atoms with Gasteiger partial charge in [0.2, 0.25) is 10.8 Å². The van der Waals surface area contributed by atoms with Gasteiger partial charge < -0.3 is 0 Å². The summed E-state index contributed by atoms with van der Waals surface area (Å²) in [5.74, 6) is 1.28. The van der Waals surface area contributed by atoms with Crippen LogP contribution in [0.4, 0.5) is 0 Å². The van der Waals surface area contributed by atoms with Gasteiger partial charge in [-0.1, -0.05) is 17.8 Å². The molecule has 0 amide bonds. The molecular formula is C11H10N6S. The number of hydrogen-bond acceptors (Lipinski definition) is 6. The Kier molecular flexibility index (Phi) is 2.13. The molecule has 0 unspecified atom stereocenters. The molecule has 0 saturated heterocycles. The number of fused-ring (bicyclic) bond motifs is 1. The van der Waals surface area contributed by atoms with Crippen LogP contribution in [0, 0.1) is 0 Å². The van der Waals surface area contributed by atoms with Gasteiger partial charge in [-0.2, -0.15) is 9.61 Å². The summed E-state index contributed by atoms with van der Waals surface area (Å²) in [5.41, 5.74) is 0.704. The van der Waals surface area contributed by atoms with Crippen LogP contribution in [0.15, 0.2) is 18.6 Å². The zero-order valence-electron chi connectivity index (χ0n) is 9.52. The first-order chi connectivity index (χ1) is 8.92. The Morgan fingerprint density at radius 2 is 2.17 bits per heavy atom. The van der Waals surface area contributed by atoms with E-state index in [0.29, 0.717) is 17.4 Å². The molecule has 0 bridgehead atoms. The molecule has 3 aromatic rings. The second-order valence-corrected chi connectivity index (χ2v) is 5.36. The molecule has 7 heteroatoms. The Bertz CT molecular complexity index is 684. The molecule has 18 heavy (non-hydrogen) atoms. The molecule has 0 N–H and O–H groups in total. The van der Waals surface area contributed by atoms with Gasteiger partial charge in [-0.15, -0.1) is 10.2 Å². The third-order valence-corrected chi connectivity index (χ3v) is 4.31. The Morgan fingerprint density at radius 3 is 2.89 bits per heavy atom. The van der Waals surface area contributed by atoms with Crippen LogP contribution in [-0.2, 0) is 0 Å². The van der Waals surface area contributed by atoms with E-state index in [1.807, 2.05) is 0 Å². The standard InChI is InChI=1S/C11H10N6S/c1-2-7(3-1)10-16-17-9(14-15-11(17)18-10)8-6-12-4-5-13-8/h4-7H,1-3H2. The van der Waals surface area contributed by atoms with Crippen LogP contribution in [0.2, 0.25) is 0 Å².